The number of nitrogens with zero attached hydrogens (tertiary/aromatic N) is 2. The Balaban J connectivity index is 1.95. The Morgan fingerprint density at radius 3 is 2.59 bits per heavy atom. The second-order valence-electron chi connectivity index (χ2n) is 5.10. The van der Waals surface area contributed by atoms with Crippen LogP contribution in [-0.4, -0.2) is 41.3 Å². The van der Waals surface area contributed by atoms with Crippen molar-refractivity contribution in [1.82, 2.24) is 4.90 Å². The molecule has 1 N–H and O–H groups in total. The number of hydrogen-bond acceptors (Lipinski definition) is 4. The molecular formula is C13H14F3N3O3. The van der Waals surface area contributed by atoms with Gasteiger partial charge in [-0.25, -0.2) is 13.2 Å². The van der Waals surface area contributed by atoms with E-state index in [0.717, 1.165) is 18.2 Å². The summed E-state index contributed by atoms with van der Waals surface area (Å²) < 4.78 is 39.5. The third-order valence-electron chi connectivity index (χ3n) is 3.39. The maximum Gasteiger partial charge on any atom is 0.271 e. The van der Waals surface area contributed by atoms with Crippen molar-refractivity contribution >= 4 is 17.3 Å². The van der Waals surface area contributed by atoms with Gasteiger partial charge in [-0.15, -0.1) is 0 Å². The lowest BCUT2D eigenvalue weighted by molar-refractivity contribution is -0.384. The average molecular weight is 317 g/mol. The largest absolute Gasteiger partial charge is 0.322 e. The summed E-state index contributed by atoms with van der Waals surface area (Å²) in [6.07, 6.45) is -0.656. The number of hydrogen-bond donors (Lipinski definition) is 1. The highest BCUT2D eigenvalue weighted by atomic mass is 19.3. The minimum atomic E-state index is -2.71. The molecule has 0 unspecified atom stereocenters. The van der Waals surface area contributed by atoms with Gasteiger partial charge in [-0.3, -0.25) is 19.8 Å². The van der Waals surface area contributed by atoms with Crippen LogP contribution < -0.4 is 5.32 Å². The fourth-order valence-electron chi connectivity index (χ4n) is 2.15. The van der Waals surface area contributed by atoms with Gasteiger partial charge in [0.2, 0.25) is 5.91 Å². The third kappa shape index (κ3) is 4.17. The molecule has 0 spiro atoms. The molecule has 0 saturated carbocycles. The van der Waals surface area contributed by atoms with Gasteiger partial charge in [-0.1, -0.05) is 0 Å². The van der Waals surface area contributed by atoms with E-state index in [1.807, 2.05) is 0 Å². The lowest BCUT2D eigenvalue weighted by Gasteiger charge is -2.31. The topological polar surface area (TPSA) is 75.5 Å². The summed E-state index contributed by atoms with van der Waals surface area (Å²) in [5.74, 6) is -4.12. The molecule has 1 aromatic rings. The van der Waals surface area contributed by atoms with Crippen molar-refractivity contribution in [2.75, 3.05) is 25.0 Å². The van der Waals surface area contributed by atoms with Crippen LogP contribution in [-0.2, 0) is 4.79 Å². The SMILES string of the molecule is O=C(CN1CCC(F)(F)CC1)Nc1cc([N+](=O)[O-])ccc1F. The second-order valence-corrected chi connectivity index (χ2v) is 5.10. The molecule has 0 atom stereocenters. The summed E-state index contributed by atoms with van der Waals surface area (Å²) in [6, 6.07) is 2.78. The molecule has 1 heterocycles. The number of likely N-dealkylation sites (tertiary alicyclic amines) is 1. The van der Waals surface area contributed by atoms with E-state index >= 15 is 0 Å². The monoisotopic (exact) mass is 317 g/mol. The molecule has 1 aliphatic heterocycles. The fraction of sp³-hybridized carbons (Fsp3) is 0.462. The summed E-state index contributed by atoms with van der Waals surface area (Å²) in [5.41, 5.74) is -0.657. The minimum Gasteiger partial charge on any atom is -0.322 e. The number of amides is 1. The standard InChI is InChI=1S/C13H14F3N3O3/c14-10-2-1-9(19(21)22)7-11(10)17-12(20)8-18-5-3-13(15,16)4-6-18/h1-2,7H,3-6,8H2,(H,17,20). The van der Waals surface area contributed by atoms with E-state index in [4.69, 9.17) is 0 Å². The zero-order valence-corrected chi connectivity index (χ0v) is 11.5. The van der Waals surface area contributed by atoms with E-state index in [1.165, 1.54) is 4.90 Å². The van der Waals surface area contributed by atoms with Gasteiger partial charge < -0.3 is 5.32 Å². The molecule has 1 amide bonds. The Hall–Kier alpha value is -2.16. The van der Waals surface area contributed by atoms with Crippen molar-refractivity contribution in [3.05, 3.63) is 34.1 Å². The number of nitro groups is 1. The van der Waals surface area contributed by atoms with Gasteiger partial charge in [0.15, 0.2) is 0 Å². The van der Waals surface area contributed by atoms with E-state index in [2.05, 4.69) is 5.32 Å². The summed E-state index contributed by atoms with van der Waals surface area (Å²) >= 11 is 0. The highest BCUT2D eigenvalue weighted by Gasteiger charge is 2.34. The molecule has 1 aromatic carbocycles. The smallest absolute Gasteiger partial charge is 0.271 e. The average Bonchev–Trinajstić information content (AvgIpc) is 2.43. The predicted molar refractivity (Wildman–Crippen MR) is 72.3 cm³/mol. The third-order valence-corrected chi connectivity index (χ3v) is 3.39. The van der Waals surface area contributed by atoms with Crippen LogP contribution in [0.2, 0.25) is 0 Å². The molecule has 2 rings (SSSR count). The molecular weight excluding hydrogens is 303 g/mol. The van der Waals surface area contributed by atoms with Crippen molar-refractivity contribution in [3.63, 3.8) is 0 Å². The van der Waals surface area contributed by atoms with Crippen LogP contribution in [0.1, 0.15) is 12.8 Å². The van der Waals surface area contributed by atoms with Crippen LogP contribution in [0.25, 0.3) is 0 Å². The van der Waals surface area contributed by atoms with Gasteiger partial charge in [0.05, 0.1) is 17.2 Å². The number of nitro benzene ring substituents is 1. The van der Waals surface area contributed by atoms with Crippen LogP contribution in [0.5, 0.6) is 0 Å². The molecule has 0 aromatic heterocycles. The summed E-state index contributed by atoms with van der Waals surface area (Å²) in [5, 5.41) is 12.8. The Labute approximate surface area is 124 Å². The van der Waals surface area contributed by atoms with Crippen LogP contribution >= 0.6 is 0 Å². The number of benzene rings is 1. The first-order valence-electron chi connectivity index (χ1n) is 6.61. The second kappa shape index (κ2) is 6.30. The van der Waals surface area contributed by atoms with E-state index in [1.54, 1.807) is 0 Å². The maximum atomic E-state index is 13.5. The highest BCUT2D eigenvalue weighted by Crippen LogP contribution is 2.27. The van der Waals surface area contributed by atoms with Crippen molar-refractivity contribution in [3.8, 4) is 0 Å². The fourth-order valence-corrected chi connectivity index (χ4v) is 2.15. The Morgan fingerprint density at radius 2 is 2.00 bits per heavy atom. The van der Waals surface area contributed by atoms with Gasteiger partial charge in [0.1, 0.15) is 5.82 Å². The molecule has 0 bridgehead atoms. The van der Waals surface area contributed by atoms with Gasteiger partial charge >= 0.3 is 0 Å². The highest BCUT2D eigenvalue weighted by molar-refractivity contribution is 5.92. The normalized spacial score (nSPS) is 18.0. The van der Waals surface area contributed by atoms with Crippen molar-refractivity contribution in [2.24, 2.45) is 0 Å². The first-order valence-corrected chi connectivity index (χ1v) is 6.61. The molecule has 6 nitrogen and oxygen atoms in total. The van der Waals surface area contributed by atoms with E-state index < -0.39 is 22.6 Å². The molecule has 120 valence electrons. The van der Waals surface area contributed by atoms with Gasteiger partial charge in [-0.2, -0.15) is 0 Å². The number of anilines is 1. The van der Waals surface area contributed by atoms with Crippen molar-refractivity contribution < 1.29 is 22.9 Å². The van der Waals surface area contributed by atoms with Crippen molar-refractivity contribution in [1.29, 1.82) is 0 Å². The summed E-state index contributed by atoms with van der Waals surface area (Å²) in [4.78, 5) is 23.2. The van der Waals surface area contributed by atoms with E-state index in [9.17, 15) is 28.1 Å². The molecule has 0 radical (unpaired) electrons. The molecule has 1 aliphatic rings. The number of rotatable bonds is 4. The summed E-state index contributed by atoms with van der Waals surface area (Å²) in [7, 11) is 0. The summed E-state index contributed by atoms with van der Waals surface area (Å²) in [6.45, 7) is -0.0338. The Kier molecular flexibility index (Phi) is 4.65. The maximum absolute atomic E-state index is 13.5. The van der Waals surface area contributed by atoms with Crippen molar-refractivity contribution in [2.45, 2.75) is 18.8 Å². The number of halogens is 3. The van der Waals surface area contributed by atoms with Crippen LogP contribution in [0.4, 0.5) is 24.5 Å². The van der Waals surface area contributed by atoms with Gasteiger partial charge in [0, 0.05) is 38.1 Å². The Bertz CT molecular complexity index is 585. The Morgan fingerprint density at radius 1 is 1.36 bits per heavy atom. The first-order chi connectivity index (χ1) is 10.3. The van der Waals surface area contributed by atoms with Crippen LogP contribution in [0.15, 0.2) is 18.2 Å². The zero-order chi connectivity index (χ0) is 16.3. The lowest BCUT2D eigenvalue weighted by Crippen LogP contribution is -2.43. The van der Waals surface area contributed by atoms with Gasteiger partial charge in [-0.05, 0) is 6.07 Å². The van der Waals surface area contributed by atoms with Crippen LogP contribution in [0, 0.1) is 15.9 Å². The molecule has 1 saturated heterocycles. The number of nitrogens with one attached hydrogen (secondary N) is 1. The van der Waals surface area contributed by atoms with E-state index in [0.29, 0.717) is 0 Å². The number of piperidine rings is 1. The molecule has 0 aliphatic carbocycles. The first kappa shape index (κ1) is 16.2. The minimum absolute atomic E-state index is 0.0673. The molecule has 9 heteroatoms. The van der Waals surface area contributed by atoms with E-state index in [-0.39, 0.29) is 43.9 Å². The van der Waals surface area contributed by atoms with Gasteiger partial charge in [0.25, 0.3) is 11.6 Å². The lowest BCUT2D eigenvalue weighted by atomic mass is 10.1. The number of alkyl halides is 2. The predicted octanol–water partition coefficient (Wildman–Crippen LogP) is 2.40. The number of non-ortho nitro benzene ring substituents is 1. The molecule has 1 fully saturated rings. The number of carbonyl (C=O) groups excluding carboxylic acids is 1. The molecule has 22 heavy (non-hydrogen) atoms. The number of carbonyl (C=O) groups is 1. The quantitative estimate of drug-likeness (QED) is 0.683. The van der Waals surface area contributed by atoms with Crippen LogP contribution in [0.3, 0.4) is 0 Å². The zero-order valence-electron chi connectivity index (χ0n) is 11.5.